The summed E-state index contributed by atoms with van der Waals surface area (Å²) in [7, 11) is 0. The van der Waals surface area contributed by atoms with Crippen molar-refractivity contribution in [1.29, 1.82) is 0 Å². The topological polar surface area (TPSA) is 9.23 Å². The fourth-order valence-corrected chi connectivity index (χ4v) is 3.79. The summed E-state index contributed by atoms with van der Waals surface area (Å²) in [4.78, 5) is 0. The van der Waals surface area contributed by atoms with E-state index in [4.69, 9.17) is 4.74 Å². The molecule has 0 spiro atoms. The van der Waals surface area contributed by atoms with Crippen LogP contribution in [0.25, 0.3) is 11.1 Å². The molecule has 0 radical (unpaired) electrons. The maximum Gasteiger partial charge on any atom is 0.119 e. The molecular weight excluding hydrogens is 316 g/mol. The van der Waals surface area contributed by atoms with Gasteiger partial charge in [0.2, 0.25) is 0 Å². The number of aryl methyl sites for hydroxylation is 3. The highest BCUT2D eigenvalue weighted by molar-refractivity contribution is 5.72. The SMILES string of the molecule is CCc1cc(C)ccc1-c1ccc(OCC(CC)(CC)CC)cc1CC. The van der Waals surface area contributed by atoms with Crippen LogP contribution in [0.3, 0.4) is 0 Å². The van der Waals surface area contributed by atoms with Crippen molar-refractivity contribution < 1.29 is 4.74 Å². The van der Waals surface area contributed by atoms with Crippen LogP contribution in [-0.2, 0) is 12.8 Å². The van der Waals surface area contributed by atoms with Crippen LogP contribution < -0.4 is 4.74 Å². The van der Waals surface area contributed by atoms with Crippen LogP contribution in [0.2, 0.25) is 0 Å². The van der Waals surface area contributed by atoms with Crippen molar-refractivity contribution in [3.05, 3.63) is 53.1 Å². The van der Waals surface area contributed by atoms with Gasteiger partial charge in [-0.05, 0) is 73.4 Å². The van der Waals surface area contributed by atoms with E-state index < -0.39 is 0 Å². The third-order valence-corrected chi connectivity index (χ3v) is 6.18. The van der Waals surface area contributed by atoms with Gasteiger partial charge in [0.1, 0.15) is 5.75 Å². The van der Waals surface area contributed by atoms with E-state index >= 15 is 0 Å². The van der Waals surface area contributed by atoms with Crippen molar-refractivity contribution in [2.75, 3.05) is 6.61 Å². The fourth-order valence-electron chi connectivity index (χ4n) is 3.79. The molecule has 0 saturated heterocycles. The fraction of sp³-hybridized carbons (Fsp3) is 0.520. The summed E-state index contributed by atoms with van der Waals surface area (Å²) in [6, 6.07) is 13.5. The first-order valence-corrected chi connectivity index (χ1v) is 10.4. The first-order chi connectivity index (χ1) is 12.5. The quantitative estimate of drug-likeness (QED) is 0.457. The van der Waals surface area contributed by atoms with Crippen LogP contribution in [0.4, 0.5) is 0 Å². The standard InChI is InChI=1S/C25H36O/c1-7-20-16-19(6)12-14-23(20)24-15-13-22(17-21(24)8-2)26-18-25(9-3,10-4)11-5/h12-17H,7-11,18H2,1-6H3. The van der Waals surface area contributed by atoms with Crippen molar-refractivity contribution in [3.63, 3.8) is 0 Å². The van der Waals surface area contributed by atoms with E-state index in [1.54, 1.807) is 0 Å². The van der Waals surface area contributed by atoms with Gasteiger partial charge in [0.25, 0.3) is 0 Å². The lowest BCUT2D eigenvalue weighted by molar-refractivity contribution is 0.127. The Balaban J connectivity index is 2.31. The number of hydrogen-bond donors (Lipinski definition) is 0. The Kier molecular flexibility index (Phi) is 7.32. The third kappa shape index (κ3) is 4.50. The van der Waals surface area contributed by atoms with Gasteiger partial charge in [-0.2, -0.15) is 0 Å². The summed E-state index contributed by atoms with van der Waals surface area (Å²) in [6.45, 7) is 14.3. The Morgan fingerprint density at radius 1 is 0.731 bits per heavy atom. The molecule has 1 heteroatoms. The first-order valence-electron chi connectivity index (χ1n) is 10.4. The molecule has 142 valence electrons. The summed E-state index contributed by atoms with van der Waals surface area (Å²) < 4.78 is 6.25. The molecule has 0 aromatic heterocycles. The predicted octanol–water partition coefficient (Wildman–Crippen LogP) is 7.38. The Bertz CT molecular complexity index is 702. The third-order valence-electron chi connectivity index (χ3n) is 6.18. The molecule has 0 saturated carbocycles. The van der Waals surface area contributed by atoms with Crippen molar-refractivity contribution in [1.82, 2.24) is 0 Å². The lowest BCUT2D eigenvalue weighted by Crippen LogP contribution is -2.26. The van der Waals surface area contributed by atoms with Gasteiger partial charge < -0.3 is 4.74 Å². The van der Waals surface area contributed by atoms with Crippen LogP contribution in [0.5, 0.6) is 5.75 Å². The molecule has 26 heavy (non-hydrogen) atoms. The molecular formula is C25H36O. The van der Waals surface area contributed by atoms with Gasteiger partial charge in [-0.3, -0.25) is 0 Å². The molecule has 0 N–H and O–H groups in total. The molecule has 2 rings (SSSR count). The van der Waals surface area contributed by atoms with E-state index in [0.29, 0.717) is 5.41 Å². The Morgan fingerprint density at radius 2 is 1.27 bits per heavy atom. The Hall–Kier alpha value is -1.76. The highest BCUT2D eigenvalue weighted by Crippen LogP contribution is 2.34. The van der Waals surface area contributed by atoms with Gasteiger partial charge in [0.15, 0.2) is 0 Å². The van der Waals surface area contributed by atoms with E-state index in [-0.39, 0.29) is 0 Å². The molecule has 2 aromatic rings. The van der Waals surface area contributed by atoms with Gasteiger partial charge in [-0.1, -0.05) is 64.4 Å². The Labute approximate surface area is 160 Å². The molecule has 0 unspecified atom stereocenters. The molecule has 0 fully saturated rings. The van der Waals surface area contributed by atoms with Gasteiger partial charge in [-0.15, -0.1) is 0 Å². The lowest BCUT2D eigenvalue weighted by atomic mass is 9.81. The van der Waals surface area contributed by atoms with Crippen LogP contribution in [0.1, 0.15) is 70.6 Å². The van der Waals surface area contributed by atoms with Gasteiger partial charge >= 0.3 is 0 Å². The molecule has 2 aromatic carbocycles. The summed E-state index contributed by atoms with van der Waals surface area (Å²) in [5.74, 6) is 1.01. The number of rotatable bonds is 9. The van der Waals surface area contributed by atoms with Crippen LogP contribution in [0.15, 0.2) is 36.4 Å². The summed E-state index contributed by atoms with van der Waals surface area (Å²) in [6.07, 6.45) is 5.58. The van der Waals surface area contributed by atoms with Gasteiger partial charge in [0, 0.05) is 5.41 Å². The van der Waals surface area contributed by atoms with E-state index in [2.05, 4.69) is 77.9 Å². The van der Waals surface area contributed by atoms with Crippen molar-refractivity contribution >= 4 is 0 Å². The Morgan fingerprint density at radius 3 is 1.81 bits per heavy atom. The zero-order valence-corrected chi connectivity index (χ0v) is 17.6. The minimum atomic E-state index is 0.303. The molecule has 0 heterocycles. The number of ether oxygens (including phenoxy) is 1. The van der Waals surface area contributed by atoms with Gasteiger partial charge in [0.05, 0.1) is 6.61 Å². The second-order valence-electron chi connectivity index (χ2n) is 7.54. The maximum absolute atomic E-state index is 6.25. The predicted molar refractivity (Wildman–Crippen MR) is 114 cm³/mol. The zero-order chi connectivity index (χ0) is 19.2. The van der Waals surface area contributed by atoms with Crippen molar-refractivity contribution in [2.24, 2.45) is 5.41 Å². The summed E-state index contributed by atoms with van der Waals surface area (Å²) >= 11 is 0. The summed E-state index contributed by atoms with van der Waals surface area (Å²) in [5.41, 5.74) is 7.15. The molecule has 0 atom stereocenters. The van der Waals surface area contributed by atoms with E-state index in [1.807, 2.05) is 0 Å². The summed E-state index contributed by atoms with van der Waals surface area (Å²) in [5, 5.41) is 0. The largest absolute Gasteiger partial charge is 0.493 e. The van der Waals surface area contributed by atoms with E-state index in [1.165, 1.54) is 47.1 Å². The lowest BCUT2D eigenvalue weighted by Gasteiger charge is -2.30. The van der Waals surface area contributed by atoms with E-state index in [9.17, 15) is 0 Å². The maximum atomic E-state index is 6.25. The van der Waals surface area contributed by atoms with Gasteiger partial charge in [-0.25, -0.2) is 0 Å². The van der Waals surface area contributed by atoms with Crippen LogP contribution in [0, 0.1) is 12.3 Å². The molecule has 0 bridgehead atoms. The molecule has 0 aliphatic rings. The average molecular weight is 353 g/mol. The van der Waals surface area contributed by atoms with Crippen molar-refractivity contribution in [3.8, 4) is 16.9 Å². The second kappa shape index (κ2) is 9.26. The smallest absolute Gasteiger partial charge is 0.119 e. The second-order valence-corrected chi connectivity index (χ2v) is 7.54. The highest BCUT2D eigenvalue weighted by atomic mass is 16.5. The monoisotopic (exact) mass is 352 g/mol. The minimum Gasteiger partial charge on any atom is -0.493 e. The number of hydrogen-bond acceptors (Lipinski definition) is 1. The molecule has 0 amide bonds. The molecule has 0 aliphatic heterocycles. The normalized spacial score (nSPS) is 11.6. The zero-order valence-electron chi connectivity index (χ0n) is 17.6. The first kappa shape index (κ1) is 20.6. The van der Waals surface area contributed by atoms with E-state index in [0.717, 1.165) is 25.2 Å². The molecule has 0 aliphatic carbocycles. The average Bonchev–Trinajstić information content (AvgIpc) is 2.69. The van der Waals surface area contributed by atoms with Crippen molar-refractivity contribution in [2.45, 2.75) is 73.6 Å². The number of benzene rings is 2. The molecule has 1 nitrogen and oxygen atoms in total. The van der Waals surface area contributed by atoms with Crippen LogP contribution >= 0.6 is 0 Å². The van der Waals surface area contributed by atoms with Crippen LogP contribution in [-0.4, -0.2) is 6.61 Å². The highest BCUT2D eigenvalue weighted by Gasteiger charge is 2.25. The minimum absolute atomic E-state index is 0.303.